The van der Waals surface area contributed by atoms with Gasteiger partial charge in [-0.1, -0.05) is 19.9 Å². The molecule has 96 valence electrons. The molecule has 3 nitrogen and oxygen atoms in total. The average Bonchev–Trinajstić information content (AvgIpc) is 2.34. The molecule has 0 aliphatic rings. The molecule has 0 aromatic carbocycles. The number of nitrogens with one attached hydrogen (secondary N) is 2. The fraction of sp³-hybridized carbons (Fsp3) is 0.643. The molecule has 1 rings (SSSR count). The van der Waals surface area contributed by atoms with Crippen LogP contribution in [-0.4, -0.2) is 31.7 Å². The lowest BCUT2D eigenvalue weighted by Gasteiger charge is -2.20. The number of rotatable bonds is 8. The molecule has 3 heteroatoms. The van der Waals surface area contributed by atoms with Crippen LogP contribution in [0.1, 0.15) is 19.4 Å². The molecule has 0 radical (unpaired) electrons. The maximum absolute atomic E-state index is 4.12. The van der Waals surface area contributed by atoms with Crippen molar-refractivity contribution in [2.45, 2.75) is 20.3 Å². The minimum atomic E-state index is 0.703. The Kier molecular flexibility index (Phi) is 6.82. The second-order valence-electron chi connectivity index (χ2n) is 4.88. The average molecular weight is 235 g/mol. The molecule has 0 fully saturated rings. The SMILES string of the molecule is CNCC(CNCCc1cccnc1)C(C)C. The summed E-state index contributed by atoms with van der Waals surface area (Å²) in [6.07, 6.45) is 4.81. The summed E-state index contributed by atoms with van der Waals surface area (Å²) in [4.78, 5) is 4.12. The molecule has 0 aliphatic carbocycles. The van der Waals surface area contributed by atoms with Gasteiger partial charge in [-0.25, -0.2) is 0 Å². The Morgan fingerprint density at radius 2 is 2.12 bits per heavy atom. The summed E-state index contributed by atoms with van der Waals surface area (Å²) < 4.78 is 0. The highest BCUT2D eigenvalue weighted by Gasteiger charge is 2.11. The lowest BCUT2D eigenvalue weighted by molar-refractivity contribution is 0.354. The van der Waals surface area contributed by atoms with E-state index >= 15 is 0 Å². The van der Waals surface area contributed by atoms with Crippen molar-refractivity contribution in [3.63, 3.8) is 0 Å². The molecule has 1 unspecified atom stereocenters. The molecule has 17 heavy (non-hydrogen) atoms. The van der Waals surface area contributed by atoms with E-state index < -0.39 is 0 Å². The summed E-state index contributed by atoms with van der Waals surface area (Å²) in [7, 11) is 2.02. The standard InChI is InChI=1S/C14H25N3/c1-12(2)14(10-15-3)11-17-8-6-13-5-4-7-16-9-13/h4-5,7,9,12,14-15,17H,6,8,10-11H2,1-3H3. The van der Waals surface area contributed by atoms with Crippen LogP contribution in [0.25, 0.3) is 0 Å². The van der Waals surface area contributed by atoms with Gasteiger partial charge in [-0.2, -0.15) is 0 Å². The van der Waals surface area contributed by atoms with E-state index in [-0.39, 0.29) is 0 Å². The van der Waals surface area contributed by atoms with Crippen molar-refractivity contribution < 1.29 is 0 Å². The molecule has 0 aliphatic heterocycles. The van der Waals surface area contributed by atoms with Crippen LogP contribution in [0.3, 0.4) is 0 Å². The minimum Gasteiger partial charge on any atom is -0.319 e. The second-order valence-corrected chi connectivity index (χ2v) is 4.88. The monoisotopic (exact) mass is 235 g/mol. The summed E-state index contributed by atoms with van der Waals surface area (Å²) in [5, 5.41) is 6.79. The van der Waals surface area contributed by atoms with E-state index in [1.54, 1.807) is 0 Å². The van der Waals surface area contributed by atoms with E-state index in [1.807, 2.05) is 25.5 Å². The molecule has 0 saturated carbocycles. The van der Waals surface area contributed by atoms with E-state index in [9.17, 15) is 0 Å². The molecule has 0 bridgehead atoms. The van der Waals surface area contributed by atoms with Crippen LogP contribution >= 0.6 is 0 Å². The van der Waals surface area contributed by atoms with Gasteiger partial charge in [0.2, 0.25) is 0 Å². The third-order valence-corrected chi connectivity index (χ3v) is 3.13. The zero-order valence-electron chi connectivity index (χ0n) is 11.2. The fourth-order valence-corrected chi connectivity index (χ4v) is 1.87. The fourth-order valence-electron chi connectivity index (χ4n) is 1.87. The van der Waals surface area contributed by atoms with Crippen molar-refractivity contribution in [2.24, 2.45) is 11.8 Å². The predicted octanol–water partition coefficient (Wildman–Crippen LogP) is 1.71. The number of hydrogen-bond acceptors (Lipinski definition) is 3. The Bertz CT molecular complexity index is 285. The quantitative estimate of drug-likeness (QED) is 0.674. The molecular weight excluding hydrogens is 210 g/mol. The van der Waals surface area contributed by atoms with Crippen LogP contribution in [0.5, 0.6) is 0 Å². The highest BCUT2D eigenvalue weighted by Crippen LogP contribution is 2.08. The van der Waals surface area contributed by atoms with E-state index in [1.165, 1.54) is 5.56 Å². The maximum Gasteiger partial charge on any atom is 0.0300 e. The minimum absolute atomic E-state index is 0.703. The lowest BCUT2D eigenvalue weighted by atomic mass is 9.96. The van der Waals surface area contributed by atoms with Crippen molar-refractivity contribution in [3.8, 4) is 0 Å². The van der Waals surface area contributed by atoms with Crippen LogP contribution < -0.4 is 10.6 Å². The van der Waals surface area contributed by atoms with Crippen LogP contribution in [-0.2, 0) is 6.42 Å². The van der Waals surface area contributed by atoms with Crippen molar-refractivity contribution in [1.82, 2.24) is 15.6 Å². The second kappa shape index (κ2) is 8.20. The van der Waals surface area contributed by atoms with Crippen LogP contribution in [0.15, 0.2) is 24.5 Å². The van der Waals surface area contributed by atoms with Gasteiger partial charge in [0.1, 0.15) is 0 Å². The van der Waals surface area contributed by atoms with Gasteiger partial charge < -0.3 is 10.6 Å². The van der Waals surface area contributed by atoms with Crippen LogP contribution in [0.4, 0.5) is 0 Å². The first-order valence-electron chi connectivity index (χ1n) is 6.48. The Morgan fingerprint density at radius 3 is 2.71 bits per heavy atom. The first-order chi connectivity index (χ1) is 8.24. The van der Waals surface area contributed by atoms with Crippen molar-refractivity contribution in [3.05, 3.63) is 30.1 Å². The number of aromatic nitrogens is 1. The van der Waals surface area contributed by atoms with Gasteiger partial charge in [0, 0.05) is 12.4 Å². The third kappa shape index (κ3) is 5.80. The Labute approximate surface area is 105 Å². The largest absolute Gasteiger partial charge is 0.319 e. The molecule has 0 saturated heterocycles. The van der Waals surface area contributed by atoms with Crippen molar-refractivity contribution >= 4 is 0 Å². The third-order valence-electron chi connectivity index (χ3n) is 3.13. The summed E-state index contributed by atoms with van der Waals surface area (Å²) in [5.74, 6) is 1.42. The molecule has 1 aromatic heterocycles. The van der Waals surface area contributed by atoms with Gasteiger partial charge in [-0.3, -0.25) is 4.98 Å². The number of pyridine rings is 1. The van der Waals surface area contributed by atoms with Gasteiger partial charge in [-0.15, -0.1) is 0 Å². The van der Waals surface area contributed by atoms with Gasteiger partial charge in [-0.05, 0) is 56.6 Å². The molecule has 2 N–H and O–H groups in total. The molecule has 1 atom stereocenters. The molecule has 1 aromatic rings. The molecule has 1 heterocycles. The summed E-state index contributed by atoms with van der Waals surface area (Å²) in [6.45, 7) is 7.75. The molecule has 0 spiro atoms. The van der Waals surface area contributed by atoms with Crippen molar-refractivity contribution in [2.75, 3.05) is 26.7 Å². The molecular formula is C14H25N3. The highest BCUT2D eigenvalue weighted by molar-refractivity contribution is 5.08. The van der Waals surface area contributed by atoms with E-state index in [0.717, 1.165) is 26.1 Å². The topological polar surface area (TPSA) is 37.0 Å². The Hall–Kier alpha value is -0.930. The van der Waals surface area contributed by atoms with Crippen molar-refractivity contribution in [1.29, 1.82) is 0 Å². The van der Waals surface area contributed by atoms with E-state index in [2.05, 4.69) is 35.5 Å². The van der Waals surface area contributed by atoms with E-state index in [0.29, 0.717) is 11.8 Å². The lowest BCUT2D eigenvalue weighted by Crippen LogP contribution is -2.34. The molecule has 0 amide bonds. The first-order valence-corrected chi connectivity index (χ1v) is 6.48. The summed E-state index contributed by atoms with van der Waals surface area (Å²) >= 11 is 0. The maximum atomic E-state index is 4.12. The number of nitrogens with zero attached hydrogens (tertiary/aromatic N) is 1. The smallest absolute Gasteiger partial charge is 0.0300 e. The summed E-state index contributed by atoms with van der Waals surface area (Å²) in [6, 6.07) is 4.12. The first kappa shape index (κ1) is 14.1. The zero-order chi connectivity index (χ0) is 12.5. The highest BCUT2D eigenvalue weighted by atomic mass is 14.9. The van der Waals surface area contributed by atoms with Gasteiger partial charge in [0.05, 0.1) is 0 Å². The van der Waals surface area contributed by atoms with Crippen LogP contribution in [0.2, 0.25) is 0 Å². The summed E-state index contributed by atoms with van der Waals surface area (Å²) in [5.41, 5.74) is 1.30. The normalized spacial score (nSPS) is 12.9. The van der Waals surface area contributed by atoms with E-state index in [4.69, 9.17) is 0 Å². The predicted molar refractivity (Wildman–Crippen MR) is 73.1 cm³/mol. The Morgan fingerprint density at radius 1 is 1.29 bits per heavy atom. The van der Waals surface area contributed by atoms with Gasteiger partial charge in [0.15, 0.2) is 0 Å². The van der Waals surface area contributed by atoms with Gasteiger partial charge >= 0.3 is 0 Å². The van der Waals surface area contributed by atoms with Crippen LogP contribution in [0, 0.1) is 11.8 Å². The van der Waals surface area contributed by atoms with Gasteiger partial charge in [0.25, 0.3) is 0 Å². The Balaban J connectivity index is 2.18. The zero-order valence-corrected chi connectivity index (χ0v) is 11.2. The number of hydrogen-bond donors (Lipinski definition) is 2.